The summed E-state index contributed by atoms with van der Waals surface area (Å²) in [7, 11) is 4.07. The van der Waals surface area contributed by atoms with Crippen molar-refractivity contribution in [3.8, 4) is 0 Å². The molecule has 0 aliphatic heterocycles. The lowest BCUT2D eigenvalue weighted by Gasteiger charge is -2.16. The molecule has 0 fully saturated rings. The molecule has 0 aliphatic rings. The maximum absolute atomic E-state index is 4.39. The van der Waals surface area contributed by atoms with Crippen LogP contribution in [0, 0.1) is 12.8 Å². The third kappa shape index (κ3) is 5.13. The molecule has 1 N–H and O–H groups in total. The fourth-order valence-electron chi connectivity index (χ4n) is 1.80. The molecule has 0 spiro atoms. The van der Waals surface area contributed by atoms with E-state index < -0.39 is 0 Å². The SMILES string of the molecule is CNC(CSCC(C)C)Cc1cc(C)nn1C. The van der Waals surface area contributed by atoms with Crippen molar-refractivity contribution >= 4 is 11.8 Å². The summed E-state index contributed by atoms with van der Waals surface area (Å²) in [5.74, 6) is 3.18. The quantitative estimate of drug-likeness (QED) is 0.810. The van der Waals surface area contributed by atoms with Gasteiger partial charge in [-0.15, -0.1) is 0 Å². The van der Waals surface area contributed by atoms with Crippen molar-refractivity contribution < 1.29 is 0 Å². The molecule has 1 aromatic heterocycles. The minimum absolute atomic E-state index is 0.536. The topological polar surface area (TPSA) is 29.9 Å². The van der Waals surface area contributed by atoms with Crippen LogP contribution in [0.3, 0.4) is 0 Å². The van der Waals surface area contributed by atoms with Gasteiger partial charge in [0.2, 0.25) is 0 Å². The summed E-state index contributed by atoms with van der Waals surface area (Å²) in [4.78, 5) is 0. The van der Waals surface area contributed by atoms with Crippen molar-refractivity contribution in [1.29, 1.82) is 0 Å². The molecule has 0 aliphatic carbocycles. The van der Waals surface area contributed by atoms with E-state index in [9.17, 15) is 0 Å². The number of hydrogen-bond acceptors (Lipinski definition) is 3. The molecule has 0 bridgehead atoms. The highest BCUT2D eigenvalue weighted by Gasteiger charge is 2.11. The molecule has 1 heterocycles. The Hall–Kier alpha value is -0.480. The van der Waals surface area contributed by atoms with E-state index in [1.807, 2.05) is 37.5 Å². The van der Waals surface area contributed by atoms with Crippen LogP contribution < -0.4 is 5.32 Å². The first-order valence-corrected chi connectivity index (χ1v) is 7.43. The maximum Gasteiger partial charge on any atom is 0.0596 e. The molecule has 1 aromatic rings. The van der Waals surface area contributed by atoms with Crippen molar-refractivity contribution in [3.63, 3.8) is 0 Å². The molecule has 98 valence electrons. The van der Waals surface area contributed by atoms with Gasteiger partial charge in [0.05, 0.1) is 5.69 Å². The highest BCUT2D eigenvalue weighted by Crippen LogP contribution is 2.12. The van der Waals surface area contributed by atoms with Crippen molar-refractivity contribution in [2.75, 3.05) is 18.6 Å². The molecule has 1 unspecified atom stereocenters. The van der Waals surface area contributed by atoms with Gasteiger partial charge in [-0.25, -0.2) is 0 Å². The standard InChI is InChI=1S/C13H25N3S/c1-10(2)8-17-9-12(14-4)7-13-6-11(3)15-16(13)5/h6,10,12,14H,7-9H2,1-5H3. The molecule has 0 radical (unpaired) electrons. The van der Waals surface area contributed by atoms with Gasteiger partial charge in [0.25, 0.3) is 0 Å². The lowest BCUT2D eigenvalue weighted by molar-refractivity contribution is 0.581. The van der Waals surface area contributed by atoms with Crippen LogP contribution in [0.2, 0.25) is 0 Å². The van der Waals surface area contributed by atoms with Crippen molar-refractivity contribution in [1.82, 2.24) is 15.1 Å². The van der Waals surface area contributed by atoms with E-state index in [1.165, 1.54) is 17.2 Å². The Morgan fingerprint density at radius 2 is 2.12 bits per heavy atom. The molecule has 0 saturated carbocycles. The Balaban J connectivity index is 2.43. The van der Waals surface area contributed by atoms with Crippen molar-refractivity contribution in [2.24, 2.45) is 13.0 Å². The summed E-state index contributed by atoms with van der Waals surface area (Å²) >= 11 is 2.03. The Morgan fingerprint density at radius 1 is 1.41 bits per heavy atom. The average Bonchev–Trinajstić information content (AvgIpc) is 2.55. The molecule has 3 nitrogen and oxygen atoms in total. The number of thioether (sulfide) groups is 1. The number of aryl methyl sites for hydroxylation is 2. The highest BCUT2D eigenvalue weighted by atomic mass is 32.2. The van der Waals surface area contributed by atoms with Gasteiger partial charge < -0.3 is 5.32 Å². The first-order chi connectivity index (χ1) is 8.02. The predicted octanol–water partition coefficient (Wildman–Crippen LogP) is 2.25. The van der Waals surface area contributed by atoms with Crippen LogP contribution >= 0.6 is 11.8 Å². The zero-order valence-electron chi connectivity index (χ0n) is 11.7. The lowest BCUT2D eigenvalue weighted by Crippen LogP contribution is -2.31. The van der Waals surface area contributed by atoms with Crippen LogP contribution in [0.5, 0.6) is 0 Å². The van der Waals surface area contributed by atoms with Crippen LogP contribution in [-0.4, -0.2) is 34.4 Å². The monoisotopic (exact) mass is 255 g/mol. The second kappa shape index (κ2) is 7.07. The fourth-order valence-corrected chi connectivity index (χ4v) is 2.97. The van der Waals surface area contributed by atoms with E-state index in [0.717, 1.165) is 18.0 Å². The van der Waals surface area contributed by atoms with Crippen LogP contribution in [0.25, 0.3) is 0 Å². The van der Waals surface area contributed by atoms with Crippen molar-refractivity contribution in [3.05, 3.63) is 17.5 Å². The summed E-state index contributed by atoms with van der Waals surface area (Å²) in [5, 5.41) is 7.79. The van der Waals surface area contributed by atoms with E-state index >= 15 is 0 Å². The minimum atomic E-state index is 0.536. The van der Waals surface area contributed by atoms with Crippen LogP contribution in [0.15, 0.2) is 6.07 Å². The molecule has 1 atom stereocenters. The summed E-state index contributed by atoms with van der Waals surface area (Å²) in [6.45, 7) is 6.59. The number of aromatic nitrogens is 2. The van der Waals surface area contributed by atoms with E-state index in [0.29, 0.717) is 6.04 Å². The first kappa shape index (κ1) is 14.6. The van der Waals surface area contributed by atoms with E-state index in [-0.39, 0.29) is 0 Å². The number of nitrogens with zero attached hydrogens (tertiary/aromatic N) is 2. The molecule has 4 heteroatoms. The van der Waals surface area contributed by atoms with Crippen molar-refractivity contribution in [2.45, 2.75) is 33.2 Å². The Labute approximate surface area is 109 Å². The Bertz CT molecular complexity index is 333. The number of likely N-dealkylation sites (N-methyl/N-ethyl adjacent to an activating group) is 1. The summed E-state index contributed by atoms with van der Waals surface area (Å²) in [5.41, 5.74) is 2.42. The van der Waals surface area contributed by atoms with Crippen LogP contribution in [0.4, 0.5) is 0 Å². The summed E-state index contributed by atoms with van der Waals surface area (Å²) in [6, 6.07) is 2.71. The normalized spacial score (nSPS) is 13.3. The van der Waals surface area contributed by atoms with Gasteiger partial charge in [0, 0.05) is 31.0 Å². The van der Waals surface area contributed by atoms with E-state index in [1.54, 1.807) is 0 Å². The van der Waals surface area contributed by atoms with Gasteiger partial charge in [-0.1, -0.05) is 13.8 Å². The highest BCUT2D eigenvalue weighted by molar-refractivity contribution is 7.99. The summed E-state index contributed by atoms with van der Waals surface area (Å²) in [6.07, 6.45) is 1.05. The van der Waals surface area contributed by atoms with Gasteiger partial charge in [-0.3, -0.25) is 4.68 Å². The van der Waals surface area contributed by atoms with Gasteiger partial charge in [-0.05, 0) is 31.7 Å². The van der Waals surface area contributed by atoms with Gasteiger partial charge >= 0.3 is 0 Å². The van der Waals surface area contributed by atoms with Crippen LogP contribution in [-0.2, 0) is 13.5 Å². The molecule has 0 aromatic carbocycles. The second-order valence-electron chi connectivity index (χ2n) is 5.02. The van der Waals surface area contributed by atoms with Gasteiger partial charge in [-0.2, -0.15) is 16.9 Å². The Morgan fingerprint density at radius 3 is 2.59 bits per heavy atom. The van der Waals surface area contributed by atoms with Gasteiger partial charge in [0.1, 0.15) is 0 Å². The maximum atomic E-state index is 4.39. The zero-order chi connectivity index (χ0) is 12.8. The third-order valence-electron chi connectivity index (χ3n) is 2.73. The lowest BCUT2D eigenvalue weighted by atomic mass is 10.2. The summed E-state index contributed by atoms with van der Waals surface area (Å²) < 4.78 is 1.99. The Kier molecular flexibility index (Phi) is 6.06. The molecule has 0 saturated heterocycles. The number of hydrogen-bond donors (Lipinski definition) is 1. The number of rotatable bonds is 7. The average molecular weight is 255 g/mol. The van der Waals surface area contributed by atoms with Crippen LogP contribution in [0.1, 0.15) is 25.2 Å². The molecular formula is C13H25N3S. The minimum Gasteiger partial charge on any atom is -0.316 e. The van der Waals surface area contributed by atoms with E-state index in [2.05, 4.69) is 30.3 Å². The smallest absolute Gasteiger partial charge is 0.0596 e. The predicted molar refractivity (Wildman–Crippen MR) is 76.7 cm³/mol. The van der Waals surface area contributed by atoms with E-state index in [4.69, 9.17) is 0 Å². The molecule has 0 amide bonds. The molecule has 1 rings (SSSR count). The second-order valence-corrected chi connectivity index (χ2v) is 6.10. The first-order valence-electron chi connectivity index (χ1n) is 6.27. The zero-order valence-corrected chi connectivity index (χ0v) is 12.5. The molecular weight excluding hydrogens is 230 g/mol. The fraction of sp³-hybridized carbons (Fsp3) is 0.769. The van der Waals surface area contributed by atoms with Gasteiger partial charge in [0.15, 0.2) is 0 Å². The largest absolute Gasteiger partial charge is 0.316 e. The number of nitrogens with one attached hydrogen (secondary N) is 1. The third-order valence-corrected chi connectivity index (χ3v) is 4.27. The molecule has 17 heavy (non-hydrogen) atoms.